The normalized spacial score (nSPS) is 15.5. The van der Waals surface area contributed by atoms with E-state index in [9.17, 15) is 18.0 Å². The minimum Gasteiger partial charge on any atom is -0.353 e. The second kappa shape index (κ2) is 7.97. The number of nitrogens with one attached hydrogen (secondary N) is 1. The molecule has 0 radical (unpaired) electrons. The van der Waals surface area contributed by atoms with Crippen LogP contribution in [0.4, 0.5) is 19.1 Å². The zero-order chi connectivity index (χ0) is 21.3. The van der Waals surface area contributed by atoms with Gasteiger partial charge in [-0.2, -0.15) is 13.2 Å². The van der Waals surface area contributed by atoms with E-state index in [4.69, 9.17) is 0 Å². The van der Waals surface area contributed by atoms with Crippen molar-refractivity contribution in [3.63, 3.8) is 0 Å². The predicted molar refractivity (Wildman–Crippen MR) is 106 cm³/mol. The molecular weight excluding hydrogens is 395 g/mol. The van der Waals surface area contributed by atoms with Gasteiger partial charge in [0.2, 0.25) is 11.9 Å². The quantitative estimate of drug-likeness (QED) is 0.707. The van der Waals surface area contributed by atoms with E-state index in [0.29, 0.717) is 43.9 Å². The number of amides is 1. The second-order valence-electron chi connectivity index (χ2n) is 7.63. The van der Waals surface area contributed by atoms with Crippen LogP contribution in [0.3, 0.4) is 0 Å². The minimum absolute atomic E-state index is 0.0277. The molecule has 3 heterocycles. The number of piperidine rings is 1. The Morgan fingerprint density at radius 1 is 1.10 bits per heavy atom. The van der Waals surface area contributed by atoms with Gasteiger partial charge in [-0.15, -0.1) is 10.2 Å². The monoisotopic (exact) mass is 417 g/mol. The highest BCUT2D eigenvalue weighted by atomic mass is 19.4. The SMILES string of the molecule is Cc1ccc(CC(=O)NC2CCN(c3nnc4ccc(C(F)(F)F)cn34)CC2)cc1. The lowest BCUT2D eigenvalue weighted by atomic mass is 10.0. The standard InChI is InChI=1S/C21H22F3N5O/c1-14-2-4-15(5-3-14)12-19(30)25-17-8-10-28(11-9-17)20-27-26-18-7-6-16(13-29(18)20)21(22,23)24/h2-7,13,17H,8-12H2,1H3,(H,25,30). The van der Waals surface area contributed by atoms with Crippen LogP contribution in [0.2, 0.25) is 0 Å². The van der Waals surface area contributed by atoms with Crippen molar-refractivity contribution in [2.45, 2.75) is 38.4 Å². The number of nitrogens with zero attached hydrogens (tertiary/aromatic N) is 4. The van der Waals surface area contributed by atoms with Crippen LogP contribution < -0.4 is 10.2 Å². The highest BCUT2D eigenvalue weighted by Crippen LogP contribution is 2.30. The molecule has 0 spiro atoms. The molecule has 1 N–H and O–H groups in total. The number of benzene rings is 1. The molecule has 0 unspecified atom stereocenters. The van der Waals surface area contributed by atoms with Gasteiger partial charge in [-0.25, -0.2) is 0 Å². The Kier molecular flexibility index (Phi) is 5.36. The van der Waals surface area contributed by atoms with E-state index in [2.05, 4.69) is 15.5 Å². The fourth-order valence-corrected chi connectivity index (χ4v) is 3.66. The van der Waals surface area contributed by atoms with Crippen LogP contribution in [0.5, 0.6) is 0 Å². The molecule has 158 valence electrons. The number of rotatable bonds is 4. The molecule has 1 aliphatic rings. The van der Waals surface area contributed by atoms with Crippen molar-refractivity contribution in [3.8, 4) is 0 Å². The first-order chi connectivity index (χ1) is 14.3. The van der Waals surface area contributed by atoms with Gasteiger partial charge in [0.25, 0.3) is 0 Å². The molecule has 1 amide bonds. The predicted octanol–water partition coefficient (Wildman–Crippen LogP) is 3.38. The molecule has 6 nitrogen and oxygen atoms in total. The Labute approximate surface area is 171 Å². The Bertz CT molecular complexity index is 1040. The van der Waals surface area contributed by atoms with E-state index >= 15 is 0 Å². The molecule has 1 aliphatic heterocycles. The lowest BCUT2D eigenvalue weighted by molar-refractivity contribution is -0.137. The highest BCUT2D eigenvalue weighted by Gasteiger charge is 2.32. The maximum absolute atomic E-state index is 13.0. The smallest absolute Gasteiger partial charge is 0.353 e. The Balaban J connectivity index is 1.37. The van der Waals surface area contributed by atoms with Crippen LogP contribution in [-0.4, -0.2) is 39.6 Å². The minimum atomic E-state index is -4.43. The number of hydrogen-bond donors (Lipinski definition) is 1. The molecule has 0 bridgehead atoms. The van der Waals surface area contributed by atoms with Crippen molar-refractivity contribution >= 4 is 17.5 Å². The van der Waals surface area contributed by atoms with Crippen molar-refractivity contribution in [2.24, 2.45) is 0 Å². The summed E-state index contributed by atoms with van der Waals surface area (Å²) in [6.45, 7) is 3.15. The fraction of sp³-hybridized carbons (Fsp3) is 0.381. The molecule has 1 fully saturated rings. The molecule has 3 aromatic rings. The number of hydrogen-bond acceptors (Lipinski definition) is 4. The summed E-state index contributed by atoms with van der Waals surface area (Å²) in [6.07, 6.45) is -1.69. The van der Waals surface area contributed by atoms with E-state index in [1.54, 1.807) is 0 Å². The molecule has 30 heavy (non-hydrogen) atoms. The maximum Gasteiger partial charge on any atom is 0.417 e. The summed E-state index contributed by atoms with van der Waals surface area (Å²) >= 11 is 0. The molecule has 0 saturated carbocycles. The Hall–Kier alpha value is -3.10. The highest BCUT2D eigenvalue weighted by molar-refractivity contribution is 5.78. The molecule has 1 saturated heterocycles. The second-order valence-corrected chi connectivity index (χ2v) is 7.63. The molecule has 4 rings (SSSR count). The van der Waals surface area contributed by atoms with Gasteiger partial charge in [0, 0.05) is 25.3 Å². The van der Waals surface area contributed by atoms with E-state index in [1.165, 1.54) is 10.5 Å². The van der Waals surface area contributed by atoms with Crippen LogP contribution in [0.25, 0.3) is 5.65 Å². The lowest BCUT2D eigenvalue weighted by Gasteiger charge is -2.32. The molecule has 1 aromatic carbocycles. The number of alkyl halides is 3. The summed E-state index contributed by atoms with van der Waals surface area (Å²) in [4.78, 5) is 14.2. The van der Waals surface area contributed by atoms with Crippen LogP contribution >= 0.6 is 0 Å². The topological polar surface area (TPSA) is 62.5 Å². The van der Waals surface area contributed by atoms with Gasteiger partial charge in [0.15, 0.2) is 5.65 Å². The molecule has 9 heteroatoms. The summed E-state index contributed by atoms with van der Waals surface area (Å²) in [5.41, 5.74) is 1.74. The third-order valence-corrected chi connectivity index (χ3v) is 5.34. The van der Waals surface area contributed by atoms with E-state index in [1.807, 2.05) is 36.1 Å². The zero-order valence-electron chi connectivity index (χ0n) is 16.5. The number of carbonyl (C=O) groups excluding carboxylic acids is 1. The van der Waals surface area contributed by atoms with Crippen molar-refractivity contribution in [2.75, 3.05) is 18.0 Å². The van der Waals surface area contributed by atoms with Gasteiger partial charge in [-0.1, -0.05) is 29.8 Å². The summed E-state index contributed by atoms with van der Waals surface area (Å²) < 4.78 is 40.5. The average molecular weight is 417 g/mol. The van der Waals surface area contributed by atoms with Gasteiger partial charge in [0.1, 0.15) is 0 Å². The number of aryl methyl sites for hydroxylation is 1. The van der Waals surface area contributed by atoms with Crippen LogP contribution in [0.1, 0.15) is 29.5 Å². The van der Waals surface area contributed by atoms with Crippen LogP contribution in [0.15, 0.2) is 42.6 Å². The van der Waals surface area contributed by atoms with Crippen LogP contribution in [-0.2, 0) is 17.4 Å². The van der Waals surface area contributed by atoms with Gasteiger partial charge < -0.3 is 10.2 Å². The van der Waals surface area contributed by atoms with Crippen molar-refractivity contribution in [1.82, 2.24) is 19.9 Å². The molecule has 0 aliphatic carbocycles. The summed E-state index contributed by atoms with van der Waals surface area (Å²) in [5, 5.41) is 11.1. The van der Waals surface area contributed by atoms with Gasteiger partial charge in [0.05, 0.1) is 12.0 Å². The molecular formula is C21H22F3N5O. The first kappa shape index (κ1) is 20.2. The van der Waals surface area contributed by atoms with E-state index < -0.39 is 11.7 Å². The first-order valence-corrected chi connectivity index (χ1v) is 9.81. The number of aromatic nitrogens is 3. The third kappa shape index (κ3) is 4.39. The first-order valence-electron chi connectivity index (χ1n) is 9.81. The van der Waals surface area contributed by atoms with Crippen molar-refractivity contribution < 1.29 is 18.0 Å². The maximum atomic E-state index is 13.0. The zero-order valence-corrected chi connectivity index (χ0v) is 16.5. The number of carbonyl (C=O) groups is 1. The number of pyridine rings is 1. The third-order valence-electron chi connectivity index (χ3n) is 5.34. The summed E-state index contributed by atoms with van der Waals surface area (Å²) in [6, 6.07) is 10.2. The number of halogens is 3. The lowest BCUT2D eigenvalue weighted by Crippen LogP contribution is -2.45. The van der Waals surface area contributed by atoms with Crippen molar-refractivity contribution in [3.05, 3.63) is 59.3 Å². The summed E-state index contributed by atoms with van der Waals surface area (Å²) in [7, 11) is 0. The largest absolute Gasteiger partial charge is 0.417 e. The van der Waals surface area contributed by atoms with Gasteiger partial charge in [-0.05, 0) is 37.5 Å². The van der Waals surface area contributed by atoms with E-state index in [-0.39, 0.29) is 11.9 Å². The Morgan fingerprint density at radius 2 is 1.80 bits per heavy atom. The van der Waals surface area contributed by atoms with Gasteiger partial charge in [-0.3, -0.25) is 9.20 Å². The van der Waals surface area contributed by atoms with Crippen LogP contribution in [0, 0.1) is 6.92 Å². The Morgan fingerprint density at radius 3 is 2.47 bits per heavy atom. The summed E-state index contributed by atoms with van der Waals surface area (Å²) in [5.74, 6) is 0.362. The number of fused-ring (bicyclic) bond motifs is 1. The molecule has 2 aromatic heterocycles. The van der Waals surface area contributed by atoms with Gasteiger partial charge >= 0.3 is 6.18 Å². The van der Waals surface area contributed by atoms with Crippen molar-refractivity contribution in [1.29, 1.82) is 0 Å². The molecule has 0 atom stereocenters. The fourth-order valence-electron chi connectivity index (χ4n) is 3.66. The average Bonchev–Trinajstić information content (AvgIpc) is 3.13. The number of anilines is 1. The van der Waals surface area contributed by atoms with E-state index in [0.717, 1.165) is 23.4 Å².